The van der Waals surface area contributed by atoms with E-state index in [0.29, 0.717) is 0 Å². The third-order valence-electron chi connectivity index (χ3n) is 1.72. The molecule has 0 aromatic heterocycles. The zero-order valence-corrected chi connectivity index (χ0v) is 6.55. The van der Waals surface area contributed by atoms with Crippen molar-refractivity contribution < 1.29 is 4.79 Å². The lowest BCUT2D eigenvalue weighted by molar-refractivity contribution is -0.124. The molecule has 0 N–H and O–H groups in total. The third kappa shape index (κ3) is 1.38. The summed E-state index contributed by atoms with van der Waals surface area (Å²) in [6.07, 6.45) is 5.24. The summed E-state index contributed by atoms with van der Waals surface area (Å²) in [6, 6.07) is 0. The molecule has 0 bridgehead atoms. The number of nitrogens with zero attached hydrogens (tertiary/aromatic N) is 1. The molecule has 0 saturated carbocycles. The SMILES string of the molecule is CN(C)C(=O)C1=CCCC1. The minimum Gasteiger partial charge on any atom is -0.345 e. The summed E-state index contributed by atoms with van der Waals surface area (Å²) in [6.45, 7) is 0. The Bertz CT molecular complexity index is 170. The topological polar surface area (TPSA) is 20.3 Å². The van der Waals surface area contributed by atoms with Crippen LogP contribution in [0.15, 0.2) is 11.6 Å². The smallest absolute Gasteiger partial charge is 0.248 e. The molecular weight excluding hydrogens is 126 g/mol. The van der Waals surface area contributed by atoms with Crippen molar-refractivity contribution in [1.29, 1.82) is 0 Å². The van der Waals surface area contributed by atoms with Crippen molar-refractivity contribution in [1.82, 2.24) is 4.90 Å². The van der Waals surface area contributed by atoms with E-state index in [-0.39, 0.29) is 5.91 Å². The lowest BCUT2D eigenvalue weighted by Gasteiger charge is -2.09. The molecule has 0 radical (unpaired) electrons. The normalized spacial score (nSPS) is 16.8. The number of allylic oxidation sites excluding steroid dienone is 1. The number of likely N-dealkylation sites (N-methyl/N-ethyl adjacent to an activating group) is 1. The van der Waals surface area contributed by atoms with Gasteiger partial charge >= 0.3 is 0 Å². The molecule has 0 fully saturated rings. The van der Waals surface area contributed by atoms with Crippen LogP contribution in [0.2, 0.25) is 0 Å². The van der Waals surface area contributed by atoms with Gasteiger partial charge in [0, 0.05) is 19.7 Å². The maximum absolute atomic E-state index is 11.2. The molecule has 0 heterocycles. The molecule has 2 heteroatoms. The first-order valence-electron chi connectivity index (χ1n) is 3.62. The van der Waals surface area contributed by atoms with E-state index >= 15 is 0 Å². The van der Waals surface area contributed by atoms with Gasteiger partial charge in [-0.3, -0.25) is 4.79 Å². The monoisotopic (exact) mass is 139 g/mol. The number of carbonyl (C=O) groups is 1. The van der Waals surface area contributed by atoms with Crippen LogP contribution in [0.3, 0.4) is 0 Å². The van der Waals surface area contributed by atoms with Gasteiger partial charge in [0.05, 0.1) is 0 Å². The van der Waals surface area contributed by atoms with Gasteiger partial charge in [0.15, 0.2) is 0 Å². The first-order valence-corrected chi connectivity index (χ1v) is 3.62. The minimum absolute atomic E-state index is 0.178. The van der Waals surface area contributed by atoms with Crippen molar-refractivity contribution in [2.45, 2.75) is 19.3 Å². The predicted molar refractivity (Wildman–Crippen MR) is 40.6 cm³/mol. The quantitative estimate of drug-likeness (QED) is 0.534. The van der Waals surface area contributed by atoms with Crippen LogP contribution >= 0.6 is 0 Å². The highest BCUT2D eigenvalue weighted by atomic mass is 16.2. The fourth-order valence-corrected chi connectivity index (χ4v) is 1.15. The molecule has 0 aromatic carbocycles. The summed E-state index contributed by atoms with van der Waals surface area (Å²) in [5.41, 5.74) is 0.991. The van der Waals surface area contributed by atoms with Gasteiger partial charge in [0.25, 0.3) is 0 Å². The zero-order valence-electron chi connectivity index (χ0n) is 6.55. The van der Waals surface area contributed by atoms with Gasteiger partial charge in [-0.1, -0.05) is 6.08 Å². The molecule has 0 saturated heterocycles. The number of carbonyl (C=O) groups excluding carboxylic acids is 1. The van der Waals surface area contributed by atoms with E-state index in [1.54, 1.807) is 19.0 Å². The Kier molecular flexibility index (Phi) is 2.10. The van der Waals surface area contributed by atoms with E-state index in [0.717, 1.165) is 24.8 Å². The van der Waals surface area contributed by atoms with Crippen LogP contribution in [-0.4, -0.2) is 24.9 Å². The highest BCUT2D eigenvalue weighted by Gasteiger charge is 2.13. The molecule has 0 aromatic rings. The molecular formula is C8H13NO. The molecule has 0 aliphatic heterocycles. The molecule has 0 spiro atoms. The highest BCUT2D eigenvalue weighted by Crippen LogP contribution is 2.18. The first-order chi connectivity index (χ1) is 4.72. The summed E-state index contributed by atoms with van der Waals surface area (Å²) in [5, 5.41) is 0. The van der Waals surface area contributed by atoms with Gasteiger partial charge in [-0.2, -0.15) is 0 Å². The molecule has 1 aliphatic rings. The number of amides is 1. The van der Waals surface area contributed by atoms with Gasteiger partial charge < -0.3 is 4.90 Å². The van der Waals surface area contributed by atoms with Crippen molar-refractivity contribution in [3.8, 4) is 0 Å². The lowest BCUT2D eigenvalue weighted by Crippen LogP contribution is -2.22. The van der Waals surface area contributed by atoms with Crippen LogP contribution in [0.5, 0.6) is 0 Å². The first kappa shape index (κ1) is 7.32. The van der Waals surface area contributed by atoms with Crippen molar-refractivity contribution >= 4 is 5.91 Å². The van der Waals surface area contributed by atoms with E-state index in [1.807, 2.05) is 6.08 Å². The van der Waals surface area contributed by atoms with Crippen LogP contribution in [0.1, 0.15) is 19.3 Å². The Balaban J connectivity index is 2.56. The Hall–Kier alpha value is -0.790. The second-order valence-corrected chi connectivity index (χ2v) is 2.82. The van der Waals surface area contributed by atoms with Gasteiger partial charge in [-0.25, -0.2) is 0 Å². The highest BCUT2D eigenvalue weighted by molar-refractivity contribution is 5.93. The lowest BCUT2D eigenvalue weighted by atomic mass is 10.2. The average molecular weight is 139 g/mol. The summed E-state index contributed by atoms with van der Waals surface area (Å²) in [7, 11) is 3.59. The van der Waals surface area contributed by atoms with Crippen molar-refractivity contribution in [2.24, 2.45) is 0 Å². The number of hydrogen-bond donors (Lipinski definition) is 0. The largest absolute Gasteiger partial charge is 0.345 e. The van der Waals surface area contributed by atoms with Crippen LogP contribution in [-0.2, 0) is 4.79 Å². The van der Waals surface area contributed by atoms with Crippen LogP contribution in [0.4, 0.5) is 0 Å². The number of hydrogen-bond acceptors (Lipinski definition) is 1. The van der Waals surface area contributed by atoms with Gasteiger partial charge in [-0.15, -0.1) is 0 Å². The number of rotatable bonds is 1. The van der Waals surface area contributed by atoms with Gasteiger partial charge in [-0.05, 0) is 19.3 Å². The van der Waals surface area contributed by atoms with E-state index in [2.05, 4.69) is 0 Å². The minimum atomic E-state index is 0.178. The van der Waals surface area contributed by atoms with Crippen molar-refractivity contribution in [2.75, 3.05) is 14.1 Å². The second kappa shape index (κ2) is 2.86. The Morgan fingerprint density at radius 3 is 2.70 bits per heavy atom. The van der Waals surface area contributed by atoms with E-state index in [1.165, 1.54) is 0 Å². The maximum atomic E-state index is 11.2. The Morgan fingerprint density at radius 1 is 1.60 bits per heavy atom. The Labute approximate surface area is 61.5 Å². The van der Waals surface area contributed by atoms with E-state index in [4.69, 9.17) is 0 Å². The molecule has 10 heavy (non-hydrogen) atoms. The van der Waals surface area contributed by atoms with Gasteiger partial charge in [0.1, 0.15) is 0 Å². The average Bonchev–Trinajstić information content (AvgIpc) is 2.36. The molecule has 1 aliphatic carbocycles. The van der Waals surface area contributed by atoms with Crippen molar-refractivity contribution in [3.05, 3.63) is 11.6 Å². The molecule has 1 rings (SSSR count). The zero-order chi connectivity index (χ0) is 7.56. The standard InChI is InChI=1S/C8H13NO/c1-9(2)8(10)7-5-3-4-6-7/h5H,3-4,6H2,1-2H3. The summed E-state index contributed by atoms with van der Waals surface area (Å²) >= 11 is 0. The van der Waals surface area contributed by atoms with Crippen LogP contribution < -0.4 is 0 Å². The maximum Gasteiger partial charge on any atom is 0.248 e. The van der Waals surface area contributed by atoms with Gasteiger partial charge in [0.2, 0.25) is 5.91 Å². The molecule has 1 amide bonds. The van der Waals surface area contributed by atoms with Crippen LogP contribution in [0.25, 0.3) is 0 Å². The Morgan fingerprint density at radius 2 is 2.30 bits per heavy atom. The second-order valence-electron chi connectivity index (χ2n) is 2.82. The van der Waals surface area contributed by atoms with Crippen molar-refractivity contribution in [3.63, 3.8) is 0 Å². The summed E-state index contributed by atoms with van der Waals surface area (Å²) in [5.74, 6) is 0.178. The fourth-order valence-electron chi connectivity index (χ4n) is 1.15. The molecule has 2 nitrogen and oxygen atoms in total. The van der Waals surface area contributed by atoms with Crippen LogP contribution in [0, 0.1) is 0 Å². The summed E-state index contributed by atoms with van der Waals surface area (Å²) < 4.78 is 0. The predicted octanol–water partition coefficient (Wildman–Crippen LogP) is 1.18. The summed E-state index contributed by atoms with van der Waals surface area (Å²) in [4.78, 5) is 12.8. The molecule has 56 valence electrons. The van der Waals surface area contributed by atoms with E-state index in [9.17, 15) is 4.79 Å². The fraction of sp³-hybridized carbons (Fsp3) is 0.625. The molecule has 0 unspecified atom stereocenters. The molecule has 0 atom stereocenters. The third-order valence-corrected chi connectivity index (χ3v) is 1.72. The van der Waals surface area contributed by atoms with E-state index < -0.39 is 0 Å².